The molecule has 1 fully saturated rings. The molecule has 0 aromatic heterocycles. The van der Waals surface area contributed by atoms with Crippen molar-refractivity contribution in [2.75, 3.05) is 21.5 Å². The average Bonchev–Trinajstić information content (AvgIpc) is 2.62. The highest BCUT2D eigenvalue weighted by atomic mass is 32.2. The van der Waals surface area contributed by atoms with Crippen molar-refractivity contribution < 1.29 is 18.0 Å². The summed E-state index contributed by atoms with van der Waals surface area (Å²) in [5.41, 5.74) is 1.59. The van der Waals surface area contributed by atoms with Gasteiger partial charge in [0.05, 0.1) is 10.6 Å². The summed E-state index contributed by atoms with van der Waals surface area (Å²) in [6.07, 6.45) is 2.33. The van der Waals surface area contributed by atoms with E-state index in [1.807, 2.05) is 0 Å². The Morgan fingerprint density at radius 1 is 1.04 bits per heavy atom. The Morgan fingerprint density at radius 2 is 1.78 bits per heavy atom. The number of piperidine rings is 1. The summed E-state index contributed by atoms with van der Waals surface area (Å²) < 4.78 is 27.8. The highest BCUT2D eigenvalue weighted by Crippen LogP contribution is 2.25. The van der Waals surface area contributed by atoms with Crippen LogP contribution in [0.4, 0.5) is 17.1 Å². The Morgan fingerprint density at radius 3 is 2.44 bits per heavy atom. The third-order valence-electron chi connectivity index (χ3n) is 4.22. The molecule has 3 rings (SSSR count). The van der Waals surface area contributed by atoms with Crippen LogP contribution >= 0.6 is 0 Å². The molecule has 0 bridgehead atoms. The van der Waals surface area contributed by atoms with Crippen molar-refractivity contribution in [3.05, 3.63) is 48.5 Å². The van der Waals surface area contributed by atoms with Crippen LogP contribution in [-0.2, 0) is 19.6 Å². The molecule has 1 heterocycles. The summed E-state index contributed by atoms with van der Waals surface area (Å²) in [5.74, 6) is -0.178. The molecule has 7 nitrogen and oxygen atoms in total. The van der Waals surface area contributed by atoms with Gasteiger partial charge in [-0.3, -0.25) is 14.3 Å². The molecule has 27 heavy (non-hydrogen) atoms. The third-order valence-corrected chi connectivity index (χ3v) is 5.62. The number of hydrogen-bond donors (Lipinski definition) is 2. The molecule has 1 aliphatic heterocycles. The van der Waals surface area contributed by atoms with Crippen molar-refractivity contribution >= 4 is 38.9 Å². The lowest BCUT2D eigenvalue weighted by atomic mass is 10.1. The molecule has 1 aliphatic rings. The first kappa shape index (κ1) is 18.9. The van der Waals surface area contributed by atoms with E-state index in [1.54, 1.807) is 29.2 Å². The molecule has 0 aliphatic carbocycles. The number of carbonyl (C=O) groups excluding carboxylic acids is 2. The summed E-state index contributed by atoms with van der Waals surface area (Å²) in [6.45, 7) is 2.02. The Balaban J connectivity index is 1.78. The molecule has 0 atom stereocenters. The predicted molar refractivity (Wildman–Crippen MR) is 104 cm³/mol. The van der Waals surface area contributed by atoms with Gasteiger partial charge in [-0.1, -0.05) is 6.07 Å². The second-order valence-corrected chi connectivity index (χ2v) is 8.05. The molecular weight excluding hydrogens is 366 g/mol. The van der Waals surface area contributed by atoms with Crippen LogP contribution in [0.5, 0.6) is 0 Å². The third kappa shape index (κ3) is 4.65. The minimum Gasteiger partial charge on any atom is -0.326 e. The maximum atomic E-state index is 12.6. The van der Waals surface area contributed by atoms with Gasteiger partial charge in [0.25, 0.3) is 10.0 Å². The summed E-state index contributed by atoms with van der Waals surface area (Å²) in [5, 5.41) is 2.59. The number of benzene rings is 2. The molecule has 8 heteroatoms. The SMILES string of the molecule is CC(=O)Nc1ccc(S(=O)(=O)Nc2cccc(N3CCCCC3=O)c2)cc1. The summed E-state index contributed by atoms with van der Waals surface area (Å²) in [4.78, 5) is 24.9. The summed E-state index contributed by atoms with van der Waals surface area (Å²) in [6, 6.07) is 12.7. The molecule has 142 valence electrons. The van der Waals surface area contributed by atoms with E-state index in [4.69, 9.17) is 0 Å². The van der Waals surface area contributed by atoms with Crippen molar-refractivity contribution in [3.63, 3.8) is 0 Å². The molecule has 2 aromatic carbocycles. The number of hydrogen-bond acceptors (Lipinski definition) is 4. The van der Waals surface area contributed by atoms with Crippen LogP contribution in [0.15, 0.2) is 53.4 Å². The van der Waals surface area contributed by atoms with Gasteiger partial charge >= 0.3 is 0 Å². The second-order valence-electron chi connectivity index (χ2n) is 6.36. The number of rotatable bonds is 5. The smallest absolute Gasteiger partial charge is 0.261 e. The number of amides is 2. The Hall–Kier alpha value is -2.87. The second kappa shape index (κ2) is 7.79. The number of anilines is 3. The maximum absolute atomic E-state index is 12.6. The van der Waals surface area contributed by atoms with E-state index in [0.717, 1.165) is 12.8 Å². The van der Waals surface area contributed by atoms with Crippen LogP contribution in [0, 0.1) is 0 Å². The highest BCUT2D eigenvalue weighted by molar-refractivity contribution is 7.92. The predicted octanol–water partition coefficient (Wildman–Crippen LogP) is 2.96. The topological polar surface area (TPSA) is 95.6 Å². The fourth-order valence-electron chi connectivity index (χ4n) is 2.95. The molecular formula is C19H21N3O4S. The monoisotopic (exact) mass is 387 g/mol. The normalized spacial score (nSPS) is 14.7. The van der Waals surface area contributed by atoms with E-state index in [-0.39, 0.29) is 16.7 Å². The van der Waals surface area contributed by atoms with Crippen molar-refractivity contribution in [2.45, 2.75) is 31.1 Å². The Bertz CT molecular complexity index is 955. The molecule has 0 unspecified atom stereocenters. The molecule has 1 saturated heterocycles. The fourth-order valence-corrected chi connectivity index (χ4v) is 4.00. The number of sulfonamides is 1. The summed E-state index contributed by atoms with van der Waals surface area (Å²) >= 11 is 0. The van der Waals surface area contributed by atoms with E-state index >= 15 is 0 Å². The molecule has 2 amide bonds. The largest absolute Gasteiger partial charge is 0.326 e. The molecule has 0 saturated carbocycles. The fraction of sp³-hybridized carbons (Fsp3) is 0.263. The standard InChI is InChI=1S/C19H21N3O4S/c1-14(23)20-15-8-10-18(11-9-15)27(25,26)21-16-5-4-6-17(13-16)22-12-3-2-7-19(22)24/h4-6,8-11,13,21H,2-3,7,12H2,1H3,(H,20,23). The van der Waals surface area contributed by atoms with E-state index in [9.17, 15) is 18.0 Å². The molecule has 2 aromatic rings. The van der Waals surface area contributed by atoms with Crippen LogP contribution in [0.1, 0.15) is 26.2 Å². The Labute approximate surface area is 158 Å². The average molecular weight is 387 g/mol. The first-order valence-electron chi connectivity index (χ1n) is 8.66. The van der Waals surface area contributed by atoms with Gasteiger partial charge in [-0.15, -0.1) is 0 Å². The number of carbonyl (C=O) groups is 2. The lowest BCUT2D eigenvalue weighted by Crippen LogP contribution is -2.35. The van der Waals surface area contributed by atoms with E-state index in [2.05, 4.69) is 10.0 Å². The van der Waals surface area contributed by atoms with Gasteiger partial charge in [-0.2, -0.15) is 0 Å². The van der Waals surface area contributed by atoms with E-state index in [0.29, 0.717) is 30.0 Å². The van der Waals surface area contributed by atoms with Gasteiger partial charge in [0, 0.05) is 31.3 Å². The van der Waals surface area contributed by atoms with Crippen molar-refractivity contribution in [2.24, 2.45) is 0 Å². The van der Waals surface area contributed by atoms with E-state index < -0.39 is 10.0 Å². The molecule has 0 radical (unpaired) electrons. The maximum Gasteiger partial charge on any atom is 0.261 e. The minimum absolute atomic E-state index is 0.0508. The quantitative estimate of drug-likeness (QED) is 0.824. The van der Waals surface area contributed by atoms with Gasteiger partial charge in [-0.25, -0.2) is 8.42 Å². The summed E-state index contributed by atoms with van der Waals surface area (Å²) in [7, 11) is -3.79. The minimum atomic E-state index is -3.79. The van der Waals surface area contributed by atoms with Crippen LogP contribution in [-0.4, -0.2) is 26.8 Å². The number of nitrogens with zero attached hydrogens (tertiary/aromatic N) is 1. The first-order valence-corrected chi connectivity index (χ1v) is 10.1. The number of nitrogens with one attached hydrogen (secondary N) is 2. The Kier molecular flexibility index (Phi) is 5.46. The lowest BCUT2D eigenvalue weighted by Gasteiger charge is -2.27. The van der Waals surface area contributed by atoms with Crippen molar-refractivity contribution in [3.8, 4) is 0 Å². The van der Waals surface area contributed by atoms with Gasteiger partial charge in [0.15, 0.2) is 0 Å². The molecule has 2 N–H and O–H groups in total. The van der Waals surface area contributed by atoms with Crippen LogP contribution in [0.2, 0.25) is 0 Å². The van der Waals surface area contributed by atoms with Gasteiger partial charge < -0.3 is 10.2 Å². The van der Waals surface area contributed by atoms with Crippen LogP contribution < -0.4 is 14.9 Å². The van der Waals surface area contributed by atoms with Gasteiger partial charge in [0.1, 0.15) is 0 Å². The van der Waals surface area contributed by atoms with Crippen LogP contribution in [0.3, 0.4) is 0 Å². The van der Waals surface area contributed by atoms with E-state index in [1.165, 1.54) is 31.2 Å². The zero-order chi connectivity index (χ0) is 19.4. The molecule has 0 spiro atoms. The highest BCUT2D eigenvalue weighted by Gasteiger charge is 2.20. The van der Waals surface area contributed by atoms with Crippen molar-refractivity contribution in [1.29, 1.82) is 0 Å². The lowest BCUT2D eigenvalue weighted by molar-refractivity contribution is -0.119. The zero-order valence-electron chi connectivity index (χ0n) is 14.9. The van der Waals surface area contributed by atoms with Gasteiger partial charge in [-0.05, 0) is 55.3 Å². The zero-order valence-corrected chi connectivity index (χ0v) is 15.8. The van der Waals surface area contributed by atoms with Crippen LogP contribution in [0.25, 0.3) is 0 Å². The first-order chi connectivity index (χ1) is 12.8. The van der Waals surface area contributed by atoms with Gasteiger partial charge in [0.2, 0.25) is 11.8 Å². The van der Waals surface area contributed by atoms with Crippen molar-refractivity contribution in [1.82, 2.24) is 0 Å².